The largest absolute Gasteiger partial charge is 0.461 e. The minimum absolute atomic E-state index is 0.0668. The highest BCUT2D eigenvalue weighted by Crippen LogP contribution is 2.38. The number of hydrogen-bond acceptors (Lipinski definition) is 6. The van der Waals surface area contributed by atoms with Gasteiger partial charge in [-0.15, -0.1) is 0 Å². The SMILES string of the molecule is CCOC(=O)C(C(c1c[nH]c2ccccc12)C1COC(C)(C)O1)[N+](=O)[O-]. The number of fused-ring (bicyclic) bond motifs is 1. The molecule has 0 radical (unpaired) electrons. The molecule has 2 aromatic rings. The number of H-pyrrole nitrogens is 1. The predicted molar refractivity (Wildman–Crippen MR) is 93.4 cm³/mol. The lowest BCUT2D eigenvalue weighted by Crippen LogP contribution is -2.43. The number of esters is 1. The molecule has 0 saturated carbocycles. The molecule has 0 spiro atoms. The van der Waals surface area contributed by atoms with E-state index in [4.69, 9.17) is 14.2 Å². The Morgan fingerprint density at radius 1 is 1.46 bits per heavy atom. The van der Waals surface area contributed by atoms with Crippen molar-refractivity contribution in [2.24, 2.45) is 0 Å². The Labute approximate surface area is 150 Å². The van der Waals surface area contributed by atoms with Crippen LogP contribution in [0.3, 0.4) is 0 Å². The third-order valence-corrected chi connectivity index (χ3v) is 4.51. The van der Waals surface area contributed by atoms with Crippen LogP contribution in [0.5, 0.6) is 0 Å². The summed E-state index contributed by atoms with van der Waals surface area (Å²) in [6.07, 6.45) is 1.05. The predicted octanol–water partition coefficient (Wildman–Crippen LogP) is 2.61. The average molecular weight is 362 g/mol. The monoisotopic (exact) mass is 362 g/mol. The van der Waals surface area contributed by atoms with Crippen molar-refractivity contribution in [3.8, 4) is 0 Å². The average Bonchev–Trinajstić information content (AvgIpc) is 3.15. The molecule has 1 aromatic heterocycles. The van der Waals surface area contributed by atoms with Gasteiger partial charge in [-0.2, -0.15) is 0 Å². The van der Waals surface area contributed by atoms with Crippen molar-refractivity contribution >= 4 is 16.9 Å². The lowest BCUT2D eigenvalue weighted by atomic mass is 9.86. The number of para-hydroxylation sites is 1. The number of ether oxygens (including phenoxy) is 3. The van der Waals surface area contributed by atoms with Gasteiger partial charge in [-0.25, -0.2) is 4.79 Å². The van der Waals surface area contributed by atoms with Crippen molar-refractivity contribution in [1.82, 2.24) is 4.98 Å². The summed E-state index contributed by atoms with van der Waals surface area (Å²) < 4.78 is 16.5. The highest BCUT2D eigenvalue weighted by atomic mass is 16.7. The maximum atomic E-state index is 12.4. The first-order valence-corrected chi connectivity index (χ1v) is 8.52. The molecule has 8 heteroatoms. The van der Waals surface area contributed by atoms with Gasteiger partial charge < -0.3 is 19.2 Å². The molecule has 3 atom stereocenters. The minimum atomic E-state index is -1.59. The van der Waals surface area contributed by atoms with Gasteiger partial charge in [-0.3, -0.25) is 10.1 Å². The number of carbonyl (C=O) groups is 1. The number of aromatic amines is 1. The number of hydrogen-bond donors (Lipinski definition) is 1. The number of rotatable bonds is 6. The second-order valence-electron chi connectivity index (χ2n) is 6.66. The third kappa shape index (κ3) is 3.42. The summed E-state index contributed by atoms with van der Waals surface area (Å²) >= 11 is 0. The van der Waals surface area contributed by atoms with Crippen LogP contribution in [0.1, 0.15) is 32.3 Å². The van der Waals surface area contributed by atoms with Crippen LogP contribution in [0.25, 0.3) is 10.9 Å². The van der Waals surface area contributed by atoms with Crippen LogP contribution in [0.4, 0.5) is 0 Å². The number of aromatic nitrogens is 1. The van der Waals surface area contributed by atoms with Gasteiger partial charge in [0.05, 0.1) is 25.2 Å². The summed E-state index contributed by atoms with van der Waals surface area (Å²) in [6.45, 7) is 5.32. The Morgan fingerprint density at radius 2 is 2.19 bits per heavy atom. The van der Waals surface area contributed by atoms with Gasteiger partial charge in [0.2, 0.25) is 0 Å². The fraction of sp³-hybridized carbons (Fsp3) is 0.500. The van der Waals surface area contributed by atoms with Crippen molar-refractivity contribution in [3.05, 3.63) is 46.1 Å². The van der Waals surface area contributed by atoms with Gasteiger partial charge in [0.1, 0.15) is 0 Å². The zero-order valence-electron chi connectivity index (χ0n) is 14.9. The second kappa shape index (κ2) is 7.05. The molecule has 1 aliphatic heterocycles. The fourth-order valence-corrected chi connectivity index (χ4v) is 3.43. The van der Waals surface area contributed by atoms with Gasteiger partial charge in [0, 0.05) is 22.0 Å². The summed E-state index contributed by atoms with van der Waals surface area (Å²) in [5.41, 5.74) is 1.47. The quantitative estimate of drug-likeness (QED) is 0.481. The molecule has 1 saturated heterocycles. The van der Waals surface area contributed by atoms with E-state index in [1.165, 1.54) is 0 Å². The Bertz CT molecular complexity index is 815. The van der Waals surface area contributed by atoms with Crippen LogP contribution < -0.4 is 0 Å². The van der Waals surface area contributed by atoms with E-state index < -0.39 is 34.7 Å². The van der Waals surface area contributed by atoms with Crippen LogP contribution in [0, 0.1) is 10.1 Å². The highest BCUT2D eigenvalue weighted by Gasteiger charge is 2.50. The smallest absolute Gasteiger partial charge is 0.382 e. The Hall–Kier alpha value is -2.45. The molecular formula is C18H22N2O6. The standard InChI is InChI=1S/C18H22N2O6/c1-4-24-17(21)16(20(22)23)15(14-10-25-18(2,3)26-14)12-9-19-13-8-6-5-7-11(12)13/h5-9,14-16,19H,4,10H2,1-3H3. The number of nitro groups is 1. The van der Waals surface area contributed by atoms with Crippen molar-refractivity contribution in [2.45, 2.75) is 44.6 Å². The Balaban J connectivity index is 2.09. The fourth-order valence-electron chi connectivity index (χ4n) is 3.43. The van der Waals surface area contributed by atoms with Crippen molar-refractivity contribution < 1.29 is 23.9 Å². The molecule has 2 heterocycles. The van der Waals surface area contributed by atoms with Crippen LogP contribution >= 0.6 is 0 Å². The summed E-state index contributed by atoms with van der Waals surface area (Å²) in [5, 5.41) is 12.6. The lowest BCUT2D eigenvalue weighted by Gasteiger charge is -2.25. The number of carbonyl (C=O) groups excluding carboxylic acids is 1. The normalized spacial score (nSPS) is 21.4. The molecule has 0 bridgehead atoms. The van der Waals surface area contributed by atoms with E-state index in [2.05, 4.69) is 4.98 Å². The van der Waals surface area contributed by atoms with E-state index in [-0.39, 0.29) is 13.2 Å². The molecule has 1 fully saturated rings. The maximum Gasteiger partial charge on any atom is 0.382 e. The van der Waals surface area contributed by atoms with E-state index in [1.807, 2.05) is 24.3 Å². The molecule has 3 rings (SSSR count). The number of nitrogens with zero attached hydrogens (tertiary/aromatic N) is 1. The van der Waals surface area contributed by atoms with Crippen molar-refractivity contribution in [2.75, 3.05) is 13.2 Å². The van der Waals surface area contributed by atoms with Crippen molar-refractivity contribution in [3.63, 3.8) is 0 Å². The summed E-state index contributed by atoms with van der Waals surface area (Å²) in [4.78, 5) is 26.7. The van der Waals surface area contributed by atoms with Gasteiger partial charge in [0.25, 0.3) is 0 Å². The molecule has 1 aliphatic rings. The zero-order chi connectivity index (χ0) is 18.9. The first kappa shape index (κ1) is 18.3. The highest BCUT2D eigenvalue weighted by molar-refractivity contribution is 5.85. The number of nitrogens with one attached hydrogen (secondary N) is 1. The molecule has 1 N–H and O–H groups in total. The number of benzene rings is 1. The van der Waals surface area contributed by atoms with E-state index in [0.717, 1.165) is 10.9 Å². The molecule has 0 amide bonds. The first-order chi connectivity index (χ1) is 12.3. The van der Waals surface area contributed by atoms with Gasteiger partial charge in [-0.1, -0.05) is 18.2 Å². The van der Waals surface area contributed by atoms with Gasteiger partial charge >= 0.3 is 12.0 Å². The van der Waals surface area contributed by atoms with Crippen LogP contribution in [0.2, 0.25) is 0 Å². The lowest BCUT2D eigenvalue weighted by molar-refractivity contribution is -0.516. The van der Waals surface area contributed by atoms with E-state index in [9.17, 15) is 14.9 Å². The zero-order valence-corrected chi connectivity index (χ0v) is 14.9. The van der Waals surface area contributed by atoms with Crippen LogP contribution in [0.15, 0.2) is 30.5 Å². The summed E-state index contributed by atoms with van der Waals surface area (Å²) in [6, 6.07) is 5.86. The molecule has 26 heavy (non-hydrogen) atoms. The van der Waals surface area contributed by atoms with Gasteiger partial charge in [0.15, 0.2) is 5.79 Å². The molecule has 1 aromatic carbocycles. The Morgan fingerprint density at radius 3 is 2.81 bits per heavy atom. The molecule has 3 unspecified atom stereocenters. The molecule has 8 nitrogen and oxygen atoms in total. The van der Waals surface area contributed by atoms with E-state index >= 15 is 0 Å². The molecule has 140 valence electrons. The molecular weight excluding hydrogens is 340 g/mol. The van der Waals surface area contributed by atoms with Crippen LogP contribution in [-0.4, -0.2) is 47.0 Å². The van der Waals surface area contributed by atoms with Gasteiger partial charge in [-0.05, 0) is 32.4 Å². The summed E-state index contributed by atoms with van der Waals surface area (Å²) in [5.74, 6) is -2.59. The maximum absolute atomic E-state index is 12.4. The van der Waals surface area contributed by atoms with Crippen molar-refractivity contribution in [1.29, 1.82) is 0 Å². The van der Waals surface area contributed by atoms with E-state index in [0.29, 0.717) is 5.56 Å². The topological polar surface area (TPSA) is 104 Å². The molecule has 0 aliphatic carbocycles. The van der Waals surface area contributed by atoms with E-state index in [1.54, 1.807) is 27.0 Å². The van der Waals surface area contributed by atoms with Crippen LogP contribution in [-0.2, 0) is 19.0 Å². The summed E-state index contributed by atoms with van der Waals surface area (Å²) in [7, 11) is 0. The Kier molecular flexibility index (Phi) is 4.97. The minimum Gasteiger partial charge on any atom is -0.461 e. The third-order valence-electron chi connectivity index (χ3n) is 4.51. The second-order valence-corrected chi connectivity index (χ2v) is 6.66. The first-order valence-electron chi connectivity index (χ1n) is 8.52.